The lowest BCUT2D eigenvalue weighted by atomic mass is 10.00. The van der Waals surface area contributed by atoms with Crippen LogP contribution in [0.2, 0.25) is 0 Å². The monoisotopic (exact) mass is 455 g/mol. The van der Waals surface area contributed by atoms with Gasteiger partial charge >= 0.3 is 0 Å². The van der Waals surface area contributed by atoms with Gasteiger partial charge in [0.25, 0.3) is 5.91 Å². The molecule has 4 nitrogen and oxygen atoms in total. The third-order valence-corrected chi connectivity index (χ3v) is 6.96. The molecule has 1 heterocycles. The van der Waals surface area contributed by atoms with Crippen LogP contribution in [0.1, 0.15) is 42.6 Å². The minimum Gasteiger partial charge on any atom is -0.339 e. The fourth-order valence-electron chi connectivity index (χ4n) is 4.95. The van der Waals surface area contributed by atoms with Crippen LogP contribution in [0, 0.1) is 0 Å². The third kappa shape index (κ3) is 5.87. The molecule has 0 bridgehead atoms. The van der Waals surface area contributed by atoms with Gasteiger partial charge in [0, 0.05) is 55.7 Å². The van der Waals surface area contributed by atoms with Crippen LogP contribution in [-0.2, 0) is 6.42 Å². The molecule has 3 aromatic rings. The molecule has 1 aliphatic rings. The Hall–Kier alpha value is -3.11. The second-order valence-electron chi connectivity index (χ2n) is 9.04. The zero-order valence-corrected chi connectivity index (χ0v) is 20.6. The van der Waals surface area contributed by atoms with Gasteiger partial charge in [-0.05, 0) is 75.1 Å². The van der Waals surface area contributed by atoms with Gasteiger partial charge in [-0.15, -0.1) is 0 Å². The van der Waals surface area contributed by atoms with Crippen LogP contribution in [0.3, 0.4) is 0 Å². The van der Waals surface area contributed by atoms with Gasteiger partial charge in [0.1, 0.15) is 0 Å². The smallest absolute Gasteiger partial charge is 0.253 e. The Labute approximate surface area is 204 Å². The number of nitrogens with zero attached hydrogens (tertiary/aromatic N) is 3. The van der Waals surface area contributed by atoms with Gasteiger partial charge in [0.15, 0.2) is 0 Å². The summed E-state index contributed by atoms with van der Waals surface area (Å²) in [6, 6.07) is 30.1. The van der Waals surface area contributed by atoms with E-state index in [0.717, 1.165) is 63.2 Å². The van der Waals surface area contributed by atoms with Crippen molar-refractivity contribution < 1.29 is 4.79 Å². The first-order valence-corrected chi connectivity index (χ1v) is 12.7. The molecule has 0 saturated carbocycles. The number of rotatable bonds is 9. The Morgan fingerprint density at radius 3 is 1.94 bits per heavy atom. The fourth-order valence-corrected chi connectivity index (χ4v) is 4.95. The molecule has 1 aliphatic heterocycles. The Morgan fingerprint density at radius 1 is 0.794 bits per heavy atom. The summed E-state index contributed by atoms with van der Waals surface area (Å²) in [5, 5.41) is 0. The average Bonchev–Trinajstić information content (AvgIpc) is 2.91. The molecular weight excluding hydrogens is 418 g/mol. The molecular formula is C30H37N3O. The van der Waals surface area contributed by atoms with Crippen LogP contribution in [0.5, 0.6) is 0 Å². The summed E-state index contributed by atoms with van der Waals surface area (Å²) >= 11 is 0. The van der Waals surface area contributed by atoms with E-state index >= 15 is 0 Å². The van der Waals surface area contributed by atoms with Crippen molar-refractivity contribution in [3.05, 3.63) is 96.1 Å². The maximum Gasteiger partial charge on any atom is 0.253 e. The van der Waals surface area contributed by atoms with Crippen molar-refractivity contribution in [2.24, 2.45) is 0 Å². The number of hydrogen-bond donors (Lipinski definition) is 0. The van der Waals surface area contributed by atoms with E-state index in [1.54, 1.807) is 0 Å². The van der Waals surface area contributed by atoms with Gasteiger partial charge in [-0.2, -0.15) is 0 Å². The Balaban J connectivity index is 1.46. The fraction of sp³-hybridized carbons (Fsp3) is 0.367. The predicted molar refractivity (Wildman–Crippen MR) is 142 cm³/mol. The molecule has 0 radical (unpaired) electrons. The van der Waals surface area contributed by atoms with Crippen molar-refractivity contribution in [1.29, 1.82) is 0 Å². The van der Waals surface area contributed by atoms with Gasteiger partial charge in [-0.3, -0.25) is 4.79 Å². The van der Waals surface area contributed by atoms with Gasteiger partial charge in [-0.25, -0.2) is 0 Å². The topological polar surface area (TPSA) is 26.8 Å². The molecule has 0 N–H and O–H groups in total. The van der Waals surface area contributed by atoms with Crippen molar-refractivity contribution in [2.45, 2.75) is 39.2 Å². The van der Waals surface area contributed by atoms with Crippen molar-refractivity contribution in [1.82, 2.24) is 9.80 Å². The first kappa shape index (κ1) is 24.0. The maximum absolute atomic E-state index is 12.8. The number of amides is 1. The molecule has 3 aromatic carbocycles. The Bertz CT molecular complexity index is 1010. The Kier molecular flexibility index (Phi) is 8.37. The highest BCUT2D eigenvalue weighted by Crippen LogP contribution is 2.32. The van der Waals surface area contributed by atoms with E-state index < -0.39 is 0 Å². The molecule has 0 atom stereocenters. The summed E-state index contributed by atoms with van der Waals surface area (Å²) in [5.41, 5.74) is 4.55. The van der Waals surface area contributed by atoms with Crippen molar-refractivity contribution in [3.63, 3.8) is 0 Å². The third-order valence-electron chi connectivity index (χ3n) is 6.96. The summed E-state index contributed by atoms with van der Waals surface area (Å²) < 4.78 is 0. The highest BCUT2D eigenvalue weighted by molar-refractivity contribution is 5.94. The zero-order chi connectivity index (χ0) is 23.8. The number of carbonyl (C=O) groups excluding carboxylic acids is 1. The normalized spacial score (nSPS) is 14.6. The van der Waals surface area contributed by atoms with Crippen LogP contribution in [-0.4, -0.2) is 54.5 Å². The minimum absolute atomic E-state index is 0.106. The molecule has 1 fully saturated rings. The van der Waals surface area contributed by atoms with Crippen LogP contribution >= 0.6 is 0 Å². The van der Waals surface area contributed by atoms with E-state index in [2.05, 4.69) is 82.6 Å². The van der Waals surface area contributed by atoms with Crippen molar-refractivity contribution in [2.75, 3.05) is 37.6 Å². The second kappa shape index (κ2) is 11.8. The molecule has 1 amide bonds. The van der Waals surface area contributed by atoms with E-state index in [-0.39, 0.29) is 5.91 Å². The highest BCUT2D eigenvalue weighted by atomic mass is 16.2. The number of benzene rings is 3. The molecule has 178 valence electrons. The van der Waals surface area contributed by atoms with Gasteiger partial charge < -0.3 is 14.7 Å². The molecule has 0 spiro atoms. The van der Waals surface area contributed by atoms with E-state index in [1.807, 2.05) is 30.9 Å². The molecule has 0 aliphatic carbocycles. The summed E-state index contributed by atoms with van der Waals surface area (Å²) in [5.74, 6) is 0.106. The van der Waals surface area contributed by atoms with Crippen LogP contribution in [0.25, 0.3) is 0 Å². The van der Waals surface area contributed by atoms with E-state index in [1.165, 1.54) is 11.3 Å². The molecule has 0 unspecified atom stereocenters. The van der Waals surface area contributed by atoms with Crippen molar-refractivity contribution in [3.8, 4) is 0 Å². The SMILES string of the molecule is CCN(CC)C(=O)c1ccc(N(c2ccccc2)C2CCN(CCc3ccccc3)CC2)cc1. The lowest BCUT2D eigenvalue weighted by molar-refractivity contribution is 0.0773. The van der Waals surface area contributed by atoms with Crippen molar-refractivity contribution >= 4 is 17.3 Å². The number of hydrogen-bond acceptors (Lipinski definition) is 3. The first-order chi connectivity index (χ1) is 16.7. The number of anilines is 2. The van der Waals surface area contributed by atoms with Crippen LogP contribution in [0.15, 0.2) is 84.9 Å². The Morgan fingerprint density at radius 2 is 1.35 bits per heavy atom. The zero-order valence-electron chi connectivity index (χ0n) is 20.6. The van der Waals surface area contributed by atoms with E-state index in [0.29, 0.717) is 6.04 Å². The van der Waals surface area contributed by atoms with Gasteiger partial charge in [0.05, 0.1) is 0 Å². The minimum atomic E-state index is 0.106. The lowest BCUT2D eigenvalue weighted by Crippen LogP contribution is -2.43. The number of likely N-dealkylation sites (tertiary alicyclic amines) is 1. The molecule has 1 saturated heterocycles. The summed E-state index contributed by atoms with van der Waals surface area (Å²) in [4.78, 5) is 19.7. The molecule has 34 heavy (non-hydrogen) atoms. The molecule has 4 rings (SSSR count). The van der Waals surface area contributed by atoms with Gasteiger partial charge in [-0.1, -0.05) is 48.5 Å². The largest absolute Gasteiger partial charge is 0.339 e. The molecule has 0 aromatic heterocycles. The maximum atomic E-state index is 12.8. The standard InChI is InChI=1S/C30H37N3O/c1-3-32(4-2)30(34)26-15-17-28(18-16-26)33(27-13-9-6-10-14-27)29-20-23-31(24-21-29)22-19-25-11-7-5-8-12-25/h5-18,29H,3-4,19-24H2,1-2H3. The highest BCUT2D eigenvalue weighted by Gasteiger charge is 2.26. The lowest BCUT2D eigenvalue weighted by Gasteiger charge is -2.40. The van der Waals surface area contributed by atoms with Crippen LogP contribution < -0.4 is 4.90 Å². The number of piperidine rings is 1. The summed E-state index contributed by atoms with van der Waals surface area (Å²) in [7, 11) is 0. The predicted octanol–water partition coefficient (Wildman–Crippen LogP) is 6.01. The van der Waals surface area contributed by atoms with E-state index in [9.17, 15) is 4.79 Å². The van der Waals surface area contributed by atoms with Crippen LogP contribution in [0.4, 0.5) is 11.4 Å². The second-order valence-corrected chi connectivity index (χ2v) is 9.04. The quantitative estimate of drug-likeness (QED) is 0.395. The summed E-state index contributed by atoms with van der Waals surface area (Å²) in [6.45, 7) is 8.85. The molecule has 4 heteroatoms. The number of carbonyl (C=O) groups is 1. The first-order valence-electron chi connectivity index (χ1n) is 12.7. The van der Waals surface area contributed by atoms with E-state index in [4.69, 9.17) is 0 Å². The van der Waals surface area contributed by atoms with Gasteiger partial charge in [0.2, 0.25) is 0 Å². The summed E-state index contributed by atoms with van der Waals surface area (Å²) in [6.07, 6.45) is 3.36. The average molecular weight is 456 g/mol. The number of para-hydroxylation sites is 1.